The number of hydrogen-bond acceptors (Lipinski definition) is 2. The quantitative estimate of drug-likeness (QED) is 0.804. The lowest BCUT2D eigenvalue weighted by Crippen LogP contribution is -2.08. The Morgan fingerprint density at radius 3 is 3.00 bits per heavy atom. The third-order valence-corrected chi connectivity index (χ3v) is 4.27. The number of rotatable bonds is 6. The molecule has 2 aromatic rings. The molecule has 1 aromatic carbocycles. The van der Waals surface area contributed by atoms with Crippen LogP contribution >= 0.6 is 0 Å². The van der Waals surface area contributed by atoms with Crippen LogP contribution in [0, 0.1) is 6.07 Å². The van der Waals surface area contributed by atoms with Gasteiger partial charge in [-0.25, -0.2) is 4.98 Å². The zero-order chi connectivity index (χ0) is 14.3. The minimum atomic E-state index is 0.664. The van der Waals surface area contributed by atoms with E-state index < -0.39 is 0 Å². The van der Waals surface area contributed by atoms with Crippen molar-refractivity contribution in [1.29, 1.82) is 0 Å². The number of hydrogen-bond donors (Lipinski definition) is 1. The van der Waals surface area contributed by atoms with E-state index in [2.05, 4.69) is 28.2 Å². The molecule has 1 fully saturated rings. The molecule has 0 saturated heterocycles. The summed E-state index contributed by atoms with van der Waals surface area (Å²) in [6, 6.07) is 9.54. The van der Waals surface area contributed by atoms with Crippen LogP contribution in [-0.4, -0.2) is 16.6 Å². The van der Waals surface area contributed by atoms with E-state index in [-0.39, 0.29) is 0 Å². The predicted molar refractivity (Wildman–Crippen MR) is 83.5 cm³/mol. The molecule has 1 aliphatic carbocycles. The van der Waals surface area contributed by atoms with Gasteiger partial charge in [0.05, 0.1) is 18.6 Å². The van der Waals surface area contributed by atoms with Crippen LogP contribution in [0.15, 0.2) is 30.7 Å². The summed E-state index contributed by atoms with van der Waals surface area (Å²) in [5, 5.41) is 0. The average Bonchev–Trinajstić information content (AvgIpc) is 3.06. The van der Waals surface area contributed by atoms with Gasteiger partial charge in [-0.3, -0.25) is 0 Å². The van der Waals surface area contributed by atoms with E-state index in [1.165, 1.54) is 37.7 Å². The van der Waals surface area contributed by atoms with Crippen molar-refractivity contribution in [2.45, 2.75) is 50.9 Å². The molecule has 21 heavy (non-hydrogen) atoms. The molecule has 111 valence electrons. The SMILES string of the molecule is [c]1cccc(C2CCCCC2)c1OCCCc1c[nH]cn1. The van der Waals surface area contributed by atoms with E-state index in [0.717, 1.165) is 30.9 Å². The fraction of sp³-hybridized carbons (Fsp3) is 0.500. The Kier molecular flexibility index (Phi) is 4.93. The van der Waals surface area contributed by atoms with Gasteiger partial charge in [0.2, 0.25) is 0 Å². The summed E-state index contributed by atoms with van der Waals surface area (Å²) < 4.78 is 6.00. The highest BCUT2D eigenvalue weighted by Gasteiger charge is 2.18. The molecular formula is C18H23N2O. The molecule has 1 saturated carbocycles. The first-order valence-electron chi connectivity index (χ1n) is 8.04. The highest BCUT2D eigenvalue weighted by molar-refractivity contribution is 5.35. The van der Waals surface area contributed by atoms with Gasteiger partial charge in [-0.05, 0) is 37.2 Å². The summed E-state index contributed by atoms with van der Waals surface area (Å²) in [4.78, 5) is 7.22. The van der Waals surface area contributed by atoms with E-state index in [4.69, 9.17) is 4.74 Å². The Morgan fingerprint density at radius 2 is 2.19 bits per heavy atom. The van der Waals surface area contributed by atoms with Crippen LogP contribution in [0.25, 0.3) is 0 Å². The number of H-pyrrole nitrogens is 1. The maximum absolute atomic E-state index is 6.00. The van der Waals surface area contributed by atoms with Gasteiger partial charge in [0.1, 0.15) is 5.75 Å². The molecule has 3 nitrogen and oxygen atoms in total. The van der Waals surface area contributed by atoms with Gasteiger partial charge in [0, 0.05) is 12.3 Å². The maximum atomic E-state index is 6.00. The van der Waals surface area contributed by atoms with E-state index in [9.17, 15) is 0 Å². The fourth-order valence-corrected chi connectivity index (χ4v) is 3.15. The van der Waals surface area contributed by atoms with E-state index in [1.54, 1.807) is 6.33 Å². The van der Waals surface area contributed by atoms with Gasteiger partial charge in [-0.2, -0.15) is 0 Å². The van der Waals surface area contributed by atoms with Gasteiger partial charge in [0.25, 0.3) is 0 Å². The molecule has 3 heteroatoms. The molecule has 1 aliphatic rings. The van der Waals surface area contributed by atoms with Gasteiger partial charge in [-0.15, -0.1) is 0 Å². The molecule has 1 radical (unpaired) electrons. The largest absolute Gasteiger partial charge is 0.493 e. The summed E-state index contributed by atoms with van der Waals surface area (Å²) >= 11 is 0. The number of para-hydroxylation sites is 1. The van der Waals surface area contributed by atoms with Crippen molar-refractivity contribution >= 4 is 0 Å². The molecule has 1 aromatic heterocycles. The highest BCUT2D eigenvalue weighted by atomic mass is 16.5. The van der Waals surface area contributed by atoms with Crippen molar-refractivity contribution in [2.24, 2.45) is 0 Å². The van der Waals surface area contributed by atoms with Crippen molar-refractivity contribution < 1.29 is 4.74 Å². The average molecular weight is 283 g/mol. The maximum Gasteiger partial charge on any atom is 0.130 e. The summed E-state index contributed by atoms with van der Waals surface area (Å²) in [7, 11) is 0. The number of benzene rings is 1. The molecule has 0 spiro atoms. The van der Waals surface area contributed by atoms with Crippen LogP contribution < -0.4 is 4.74 Å². The summed E-state index contributed by atoms with van der Waals surface area (Å²) in [6.45, 7) is 0.729. The normalized spacial score (nSPS) is 16.0. The van der Waals surface area contributed by atoms with Crippen LogP contribution in [0.1, 0.15) is 55.7 Å². The molecule has 0 unspecified atom stereocenters. The molecule has 1 heterocycles. The van der Waals surface area contributed by atoms with Gasteiger partial charge in [0.15, 0.2) is 0 Å². The van der Waals surface area contributed by atoms with E-state index >= 15 is 0 Å². The molecular weight excluding hydrogens is 260 g/mol. The lowest BCUT2D eigenvalue weighted by molar-refractivity contribution is 0.301. The number of aromatic nitrogens is 2. The Bertz CT molecular complexity index is 530. The number of aryl methyl sites for hydroxylation is 1. The monoisotopic (exact) mass is 283 g/mol. The Hall–Kier alpha value is -1.77. The van der Waals surface area contributed by atoms with Crippen molar-refractivity contribution in [3.8, 4) is 5.75 Å². The van der Waals surface area contributed by atoms with Crippen molar-refractivity contribution in [1.82, 2.24) is 9.97 Å². The minimum Gasteiger partial charge on any atom is -0.493 e. The van der Waals surface area contributed by atoms with Crippen LogP contribution in [0.3, 0.4) is 0 Å². The third-order valence-electron chi connectivity index (χ3n) is 4.27. The second-order valence-corrected chi connectivity index (χ2v) is 5.80. The smallest absolute Gasteiger partial charge is 0.130 e. The van der Waals surface area contributed by atoms with Crippen LogP contribution in [0.2, 0.25) is 0 Å². The zero-order valence-electron chi connectivity index (χ0n) is 12.5. The second-order valence-electron chi connectivity index (χ2n) is 5.80. The summed E-state index contributed by atoms with van der Waals surface area (Å²) in [5.41, 5.74) is 2.46. The predicted octanol–water partition coefficient (Wildman–Crippen LogP) is 4.27. The summed E-state index contributed by atoms with van der Waals surface area (Å²) in [5.74, 6) is 1.63. The van der Waals surface area contributed by atoms with E-state index in [0.29, 0.717) is 5.92 Å². The minimum absolute atomic E-state index is 0.664. The second kappa shape index (κ2) is 7.30. The van der Waals surface area contributed by atoms with E-state index in [1.807, 2.05) is 12.3 Å². The van der Waals surface area contributed by atoms with Gasteiger partial charge >= 0.3 is 0 Å². The highest BCUT2D eigenvalue weighted by Crippen LogP contribution is 2.37. The Morgan fingerprint density at radius 1 is 1.29 bits per heavy atom. The number of ether oxygens (including phenoxy) is 1. The van der Waals surface area contributed by atoms with Gasteiger partial charge in [-0.1, -0.05) is 37.5 Å². The van der Waals surface area contributed by atoms with Crippen molar-refractivity contribution in [3.63, 3.8) is 0 Å². The van der Waals surface area contributed by atoms with Gasteiger partial charge < -0.3 is 9.72 Å². The third kappa shape index (κ3) is 3.87. The number of nitrogens with zero attached hydrogens (tertiary/aromatic N) is 1. The lowest BCUT2D eigenvalue weighted by atomic mass is 9.84. The van der Waals surface area contributed by atoms with Crippen molar-refractivity contribution in [3.05, 3.63) is 48.0 Å². The number of aromatic amines is 1. The standard InChI is InChI=1S/C18H23N2O/c1-2-7-15(8-3-1)17-10-4-5-11-18(17)21-12-6-9-16-13-19-14-20-16/h4-5,10,13-15H,1-3,6-9,12H2,(H,19,20). The number of nitrogens with one attached hydrogen (secondary N) is 1. The fourth-order valence-electron chi connectivity index (χ4n) is 3.15. The summed E-state index contributed by atoms with van der Waals surface area (Å²) in [6.07, 6.45) is 12.3. The molecule has 3 rings (SSSR count). The number of imidazole rings is 1. The van der Waals surface area contributed by atoms with Crippen LogP contribution in [-0.2, 0) is 6.42 Å². The van der Waals surface area contributed by atoms with Crippen molar-refractivity contribution in [2.75, 3.05) is 6.61 Å². The molecule has 1 N–H and O–H groups in total. The molecule has 0 bridgehead atoms. The first kappa shape index (κ1) is 14.2. The lowest BCUT2D eigenvalue weighted by Gasteiger charge is -2.24. The zero-order valence-corrected chi connectivity index (χ0v) is 12.5. The Labute approximate surface area is 126 Å². The Balaban J connectivity index is 1.54. The van der Waals surface area contributed by atoms with Crippen LogP contribution in [0.5, 0.6) is 5.75 Å². The molecule has 0 amide bonds. The first-order valence-corrected chi connectivity index (χ1v) is 8.04. The first-order chi connectivity index (χ1) is 10.4. The van der Waals surface area contributed by atoms with Crippen LogP contribution in [0.4, 0.5) is 0 Å². The molecule has 0 aliphatic heterocycles. The topological polar surface area (TPSA) is 37.9 Å². The molecule has 0 atom stereocenters.